The maximum atomic E-state index is 13.0. The van der Waals surface area contributed by atoms with E-state index in [0.717, 1.165) is 37.1 Å². The first-order chi connectivity index (χ1) is 12.2. The first kappa shape index (κ1) is 19.4. The topological polar surface area (TPSA) is 40.6 Å². The Morgan fingerprint density at radius 3 is 2.62 bits per heavy atom. The van der Waals surface area contributed by atoms with E-state index in [4.69, 9.17) is 0 Å². The molecule has 1 fully saturated rings. The Morgan fingerprint density at radius 2 is 1.96 bits per heavy atom. The Kier molecular flexibility index (Phi) is 5.48. The van der Waals surface area contributed by atoms with Crippen LogP contribution in [0.1, 0.15) is 60.1 Å². The van der Waals surface area contributed by atoms with E-state index < -0.39 is 0 Å². The smallest absolute Gasteiger partial charge is 0.263 e. The largest absolute Gasteiger partial charge is 0.349 e. The zero-order valence-electron chi connectivity index (χ0n) is 16.8. The molecule has 1 aromatic rings. The average Bonchev–Trinajstić information content (AvgIpc) is 3.02. The highest BCUT2D eigenvalue weighted by Gasteiger charge is 2.33. The van der Waals surface area contributed by atoms with Crippen LogP contribution in [-0.4, -0.2) is 48.8 Å². The molecule has 2 aliphatic rings. The monoisotopic (exact) mass is 376 g/mol. The van der Waals surface area contributed by atoms with E-state index in [2.05, 4.69) is 26.8 Å². The number of aryl methyl sites for hydroxylation is 1. The highest BCUT2D eigenvalue weighted by Crippen LogP contribution is 2.40. The SMILES string of the molecule is CN(C)C(=O)C1CCCN(C(=O)c2cc3c(s2)CCC(C(C)(C)C)C3)C1. The van der Waals surface area contributed by atoms with Gasteiger partial charge in [0.05, 0.1) is 10.8 Å². The van der Waals surface area contributed by atoms with E-state index in [1.54, 1.807) is 30.3 Å². The number of thiophene rings is 1. The summed E-state index contributed by atoms with van der Waals surface area (Å²) in [6, 6.07) is 2.14. The van der Waals surface area contributed by atoms with E-state index in [-0.39, 0.29) is 17.7 Å². The van der Waals surface area contributed by atoms with Crippen molar-refractivity contribution < 1.29 is 9.59 Å². The Morgan fingerprint density at radius 1 is 1.23 bits per heavy atom. The van der Waals surface area contributed by atoms with Crippen LogP contribution in [0.3, 0.4) is 0 Å². The average molecular weight is 377 g/mol. The number of likely N-dealkylation sites (tertiary alicyclic amines) is 1. The van der Waals surface area contributed by atoms with Crippen LogP contribution >= 0.6 is 11.3 Å². The molecule has 0 spiro atoms. The molecule has 1 aromatic heterocycles. The molecule has 1 saturated heterocycles. The van der Waals surface area contributed by atoms with E-state index in [1.165, 1.54) is 16.9 Å². The summed E-state index contributed by atoms with van der Waals surface area (Å²) in [6.07, 6.45) is 5.19. The Labute approximate surface area is 161 Å². The van der Waals surface area contributed by atoms with Crippen molar-refractivity contribution in [3.8, 4) is 0 Å². The molecule has 0 aromatic carbocycles. The highest BCUT2D eigenvalue weighted by molar-refractivity contribution is 7.14. The predicted molar refractivity (Wildman–Crippen MR) is 107 cm³/mol. The first-order valence-electron chi connectivity index (χ1n) is 9.79. The Balaban J connectivity index is 1.71. The Bertz CT molecular complexity index is 687. The van der Waals surface area contributed by atoms with Crippen LogP contribution in [0.25, 0.3) is 0 Å². The fraction of sp³-hybridized carbons (Fsp3) is 0.714. The van der Waals surface area contributed by atoms with Gasteiger partial charge in [-0.05, 0) is 55.1 Å². The standard InChI is InChI=1S/C21H32N2O2S/c1-21(2,3)16-8-9-17-15(11-16)12-18(26-17)20(25)23-10-6-7-14(13-23)19(24)22(4)5/h12,14,16H,6-11,13H2,1-5H3. The van der Waals surface area contributed by atoms with Crippen LogP contribution in [0.2, 0.25) is 0 Å². The zero-order valence-corrected chi connectivity index (χ0v) is 17.6. The van der Waals surface area contributed by atoms with Gasteiger partial charge >= 0.3 is 0 Å². The summed E-state index contributed by atoms with van der Waals surface area (Å²) in [5, 5.41) is 0. The maximum Gasteiger partial charge on any atom is 0.263 e. The molecule has 1 aliphatic carbocycles. The van der Waals surface area contributed by atoms with Crippen LogP contribution < -0.4 is 0 Å². The van der Waals surface area contributed by atoms with E-state index in [1.807, 2.05) is 4.90 Å². The van der Waals surface area contributed by atoms with Gasteiger partial charge in [0.15, 0.2) is 0 Å². The van der Waals surface area contributed by atoms with Crippen LogP contribution in [-0.2, 0) is 17.6 Å². The van der Waals surface area contributed by atoms with Gasteiger partial charge in [-0.1, -0.05) is 20.8 Å². The molecule has 2 atom stereocenters. The molecule has 2 unspecified atom stereocenters. The maximum absolute atomic E-state index is 13.0. The lowest BCUT2D eigenvalue weighted by molar-refractivity contribution is -0.134. The molecule has 2 amide bonds. The normalized spacial score (nSPS) is 23.5. The first-order valence-corrected chi connectivity index (χ1v) is 10.6. The number of fused-ring (bicyclic) bond motifs is 1. The summed E-state index contributed by atoms with van der Waals surface area (Å²) >= 11 is 1.68. The van der Waals surface area contributed by atoms with E-state index >= 15 is 0 Å². The predicted octanol–water partition coefficient (Wildman–Crippen LogP) is 3.84. The fourth-order valence-corrected chi connectivity index (χ4v) is 5.43. The molecule has 0 saturated carbocycles. The van der Waals surface area contributed by atoms with Crippen molar-refractivity contribution in [3.63, 3.8) is 0 Å². The van der Waals surface area contributed by atoms with Crippen LogP contribution in [0.5, 0.6) is 0 Å². The summed E-state index contributed by atoms with van der Waals surface area (Å²) in [4.78, 5) is 31.1. The van der Waals surface area contributed by atoms with Gasteiger partial charge in [-0.3, -0.25) is 9.59 Å². The summed E-state index contributed by atoms with van der Waals surface area (Å²) in [6.45, 7) is 8.27. The minimum atomic E-state index is -0.0532. The number of hydrogen-bond acceptors (Lipinski definition) is 3. The van der Waals surface area contributed by atoms with Gasteiger partial charge in [-0.25, -0.2) is 0 Å². The molecular weight excluding hydrogens is 344 g/mol. The summed E-state index contributed by atoms with van der Waals surface area (Å²) in [5.41, 5.74) is 1.69. The lowest BCUT2D eigenvalue weighted by Gasteiger charge is -2.33. The quantitative estimate of drug-likeness (QED) is 0.787. The summed E-state index contributed by atoms with van der Waals surface area (Å²) in [7, 11) is 3.59. The van der Waals surface area contributed by atoms with Crippen molar-refractivity contribution in [2.75, 3.05) is 27.2 Å². The molecule has 3 rings (SSSR count). The molecule has 5 heteroatoms. The number of amides is 2. The minimum Gasteiger partial charge on any atom is -0.349 e. The van der Waals surface area contributed by atoms with E-state index in [0.29, 0.717) is 17.9 Å². The van der Waals surface area contributed by atoms with Crippen LogP contribution in [0.4, 0.5) is 0 Å². The summed E-state index contributed by atoms with van der Waals surface area (Å²) < 4.78 is 0. The van der Waals surface area contributed by atoms with Crippen molar-refractivity contribution in [1.82, 2.24) is 9.80 Å². The third-order valence-corrected chi connectivity index (χ3v) is 7.24. The third kappa shape index (κ3) is 3.98. The molecule has 0 bridgehead atoms. The fourth-order valence-electron chi connectivity index (χ4n) is 4.25. The molecule has 2 heterocycles. The van der Waals surface area contributed by atoms with Gasteiger partial charge in [0.1, 0.15) is 0 Å². The second-order valence-electron chi connectivity index (χ2n) is 9.19. The van der Waals surface area contributed by atoms with Crippen molar-refractivity contribution in [2.24, 2.45) is 17.3 Å². The molecule has 26 heavy (non-hydrogen) atoms. The second kappa shape index (κ2) is 7.34. The van der Waals surface area contributed by atoms with Gasteiger partial charge < -0.3 is 9.80 Å². The second-order valence-corrected chi connectivity index (χ2v) is 10.3. The molecule has 0 radical (unpaired) electrons. The van der Waals surface area contributed by atoms with Gasteiger partial charge in [-0.15, -0.1) is 11.3 Å². The van der Waals surface area contributed by atoms with Gasteiger partial charge in [0.25, 0.3) is 5.91 Å². The van der Waals surface area contributed by atoms with Crippen molar-refractivity contribution in [1.29, 1.82) is 0 Å². The molecular formula is C21H32N2O2S. The third-order valence-electron chi connectivity index (χ3n) is 6.02. The number of carbonyl (C=O) groups is 2. The Hall–Kier alpha value is -1.36. The number of nitrogens with zero attached hydrogens (tertiary/aromatic N) is 2. The molecule has 1 aliphatic heterocycles. The minimum absolute atomic E-state index is 0.0532. The summed E-state index contributed by atoms with van der Waals surface area (Å²) in [5.74, 6) is 0.890. The zero-order chi connectivity index (χ0) is 19.1. The molecule has 4 nitrogen and oxygen atoms in total. The number of hydrogen-bond donors (Lipinski definition) is 0. The lowest BCUT2D eigenvalue weighted by Crippen LogP contribution is -2.45. The van der Waals surface area contributed by atoms with Gasteiger partial charge in [-0.2, -0.15) is 0 Å². The lowest BCUT2D eigenvalue weighted by atomic mass is 9.72. The van der Waals surface area contributed by atoms with E-state index in [9.17, 15) is 9.59 Å². The number of piperidine rings is 1. The van der Waals surface area contributed by atoms with Gasteiger partial charge in [0, 0.05) is 32.1 Å². The van der Waals surface area contributed by atoms with Crippen LogP contribution in [0, 0.1) is 17.3 Å². The van der Waals surface area contributed by atoms with Crippen LogP contribution in [0.15, 0.2) is 6.07 Å². The number of carbonyl (C=O) groups excluding carboxylic acids is 2. The molecule has 0 N–H and O–H groups in total. The van der Waals surface area contributed by atoms with Crippen molar-refractivity contribution in [2.45, 2.75) is 52.9 Å². The molecule has 144 valence electrons. The van der Waals surface area contributed by atoms with Gasteiger partial charge in [0.2, 0.25) is 5.91 Å². The van der Waals surface area contributed by atoms with Crippen molar-refractivity contribution in [3.05, 3.63) is 21.4 Å². The highest BCUT2D eigenvalue weighted by atomic mass is 32.1. The number of rotatable bonds is 2. The van der Waals surface area contributed by atoms with Crippen molar-refractivity contribution >= 4 is 23.2 Å².